The first-order valence-corrected chi connectivity index (χ1v) is 18.5. The first-order valence-electron chi connectivity index (χ1n) is 18.5. The van der Waals surface area contributed by atoms with E-state index in [0.717, 1.165) is 42.8 Å². The molecule has 3 atom stereocenters. The normalized spacial score (nSPS) is 25.2. The van der Waals surface area contributed by atoms with Crippen LogP contribution in [0, 0.1) is 23.6 Å². The van der Waals surface area contributed by atoms with Gasteiger partial charge in [0.15, 0.2) is 6.10 Å². The van der Waals surface area contributed by atoms with Crippen LogP contribution in [0.1, 0.15) is 72.5 Å². The zero-order chi connectivity index (χ0) is 38.9. The van der Waals surface area contributed by atoms with Gasteiger partial charge in [0.1, 0.15) is 29.8 Å². The number of nitrogens with one attached hydrogen (secondary N) is 2. The number of aromatic nitrogens is 1. The molecule has 2 aromatic rings. The van der Waals surface area contributed by atoms with Crippen LogP contribution in [0.25, 0.3) is 0 Å². The zero-order valence-corrected chi connectivity index (χ0v) is 29.6. The van der Waals surface area contributed by atoms with Crippen LogP contribution >= 0.6 is 0 Å². The molecule has 55 heavy (non-hydrogen) atoms. The third kappa shape index (κ3) is 7.86. The summed E-state index contributed by atoms with van der Waals surface area (Å²) in [6.45, 7) is 0.765. The Hall–Kier alpha value is -4.03. The van der Waals surface area contributed by atoms with Gasteiger partial charge in [-0.25, -0.2) is 4.39 Å². The highest BCUT2D eigenvalue weighted by Gasteiger charge is 2.52. The first kappa shape index (κ1) is 37.9. The monoisotopic (exact) mass is 783 g/mol. The topological polar surface area (TPSA) is 122 Å². The third-order valence-corrected chi connectivity index (χ3v) is 11.9. The van der Waals surface area contributed by atoms with Gasteiger partial charge in [-0.1, -0.05) is 0 Å². The summed E-state index contributed by atoms with van der Waals surface area (Å²) in [5, 5.41) is 5.21. The molecule has 1 aromatic heterocycles. The van der Waals surface area contributed by atoms with Gasteiger partial charge < -0.3 is 29.7 Å². The lowest BCUT2D eigenvalue weighted by Crippen LogP contribution is -2.59. The largest absolute Gasteiger partial charge is 0.487 e. The molecule has 18 heteroatoms. The molecular formula is C37H40F7N5O6. The second kappa shape index (κ2) is 14.2. The van der Waals surface area contributed by atoms with Crippen molar-refractivity contribution >= 4 is 23.4 Å². The summed E-state index contributed by atoms with van der Waals surface area (Å²) >= 11 is 0. The minimum atomic E-state index is -4.76. The molecule has 1 spiro atoms. The van der Waals surface area contributed by atoms with Crippen molar-refractivity contribution in [3.8, 4) is 5.75 Å². The van der Waals surface area contributed by atoms with Crippen molar-refractivity contribution in [1.29, 1.82) is 0 Å². The van der Waals surface area contributed by atoms with Crippen LogP contribution in [0.5, 0.6) is 5.75 Å². The van der Waals surface area contributed by atoms with Crippen LogP contribution in [0.3, 0.4) is 0 Å². The van der Waals surface area contributed by atoms with Gasteiger partial charge in [-0.05, 0) is 68.4 Å². The molecule has 1 aromatic carbocycles. The average molecular weight is 784 g/mol. The van der Waals surface area contributed by atoms with Crippen LogP contribution in [0.15, 0.2) is 30.6 Å². The lowest BCUT2D eigenvalue weighted by molar-refractivity contribution is -0.238. The van der Waals surface area contributed by atoms with Crippen LogP contribution < -0.4 is 15.4 Å². The fraction of sp³-hybridized carbons (Fsp3) is 0.622. The van der Waals surface area contributed by atoms with E-state index in [-0.39, 0.29) is 47.2 Å². The predicted octanol–water partition coefficient (Wildman–Crippen LogP) is 5.26. The van der Waals surface area contributed by atoms with Crippen molar-refractivity contribution in [2.45, 2.75) is 87.1 Å². The van der Waals surface area contributed by atoms with E-state index in [4.69, 9.17) is 14.2 Å². The Kier molecular flexibility index (Phi) is 9.76. The molecule has 2 aliphatic carbocycles. The number of hydrogen-bond donors (Lipinski definition) is 2. The quantitative estimate of drug-likeness (QED) is 0.331. The van der Waals surface area contributed by atoms with Crippen LogP contribution in [0.4, 0.5) is 36.4 Å². The highest BCUT2D eigenvalue weighted by atomic mass is 19.4. The van der Waals surface area contributed by atoms with E-state index in [1.165, 1.54) is 6.07 Å². The molecule has 6 aliphatic rings. The maximum atomic E-state index is 16.2. The second-order valence-corrected chi connectivity index (χ2v) is 15.6. The van der Waals surface area contributed by atoms with Crippen molar-refractivity contribution < 1.29 is 59.3 Å². The number of benzene rings is 1. The van der Waals surface area contributed by atoms with Gasteiger partial charge in [0.05, 0.1) is 48.7 Å². The van der Waals surface area contributed by atoms with Crippen LogP contribution in [-0.2, 0) is 25.2 Å². The molecule has 2 unspecified atom stereocenters. The molecule has 3 saturated heterocycles. The second-order valence-electron chi connectivity index (χ2n) is 15.6. The third-order valence-electron chi connectivity index (χ3n) is 11.9. The molecule has 2 N–H and O–H groups in total. The van der Waals surface area contributed by atoms with Gasteiger partial charge in [0.2, 0.25) is 11.8 Å². The van der Waals surface area contributed by atoms with Gasteiger partial charge in [0.25, 0.3) is 5.91 Å². The standard InChI is InChI=1S/C37H40F7N5O6/c38-25-10-24-27(49-15-29(37(42,43)44)54-18-30(49)50)12-35(5-7-48(8-6-35)23-16-53-17-23)55-28(24)11-26(25)46-34(52)32(31(19-1-2-19)20-3-4-20)47-33(51)21-9-22(14-45-13-21)36(39,40)41/h9-11,13-14,19-20,23,27,29,31-32H,1-8,12,15-18H2,(H,46,52)(H,47,51)/t27?,29?,32-/m0/s1. The maximum Gasteiger partial charge on any atom is 0.417 e. The fourth-order valence-electron chi connectivity index (χ4n) is 8.53. The van der Waals surface area contributed by atoms with Gasteiger partial charge in [-0.15, -0.1) is 0 Å². The van der Waals surface area contributed by atoms with Crippen molar-refractivity contribution in [3.05, 3.63) is 53.1 Å². The Morgan fingerprint density at radius 3 is 2.25 bits per heavy atom. The van der Waals surface area contributed by atoms with Crippen molar-refractivity contribution in [2.75, 3.05) is 44.8 Å². The van der Waals surface area contributed by atoms with E-state index in [1.54, 1.807) is 0 Å². The molecule has 0 bridgehead atoms. The molecular weight excluding hydrogens is 743 g/mol. The summed E-state index contributed by atoms with van der Waals surface area (Å²) in [6.07, 6.45) is -6.00. The number of alkyl halides is 6. The Morgan fingerprint density at radius 2 is 1.65 bits per heavy atom. The fourth-order valence-corrected chi connectivity index (χ4v) is 8.53. The van der Waals surface area contributed by atoms with E-state index in [1.807, 2.05) is 0 Å². The first-order chi connectivity index (χ1) is 26.1. The number of morpholine rings is 1. The summed E-state index contributed by atoms with van der Waals surface area (Å²) in [6, 6.07) is 0.964. The number of nitrogens with zero attached hydrogens (tertiary/aromatic N) is 3. The summed E-state index contributed by atoms with van der Waals surface area (Å²) in [7, 11) is 0. The van der Waals surface area contributed by atoms with Gasteiger partial charge in [0, 0.05) is 43.5 Å². The number of piperidine rings is 1. The number of ether oxygens (including phenoxy) is 3. The summed E-state index contributed by atoms with van der Waals surface area (Å²) in [5.41, 5.74) is -2.64. The number of carbonyl (C=O) groups is 3. The Balaban J connectivity index is 1.09. The number of rotatable bonds is 9. The number of amides is 3. The number of hydrogen-bond acceptors (Lipinski definition) is 8. The van der Waals surface area contributed by atoms with Crippen molar-refractivity contribution in [3.63, 3.8) is 0 Å². The molecule has 11 nitrogen and oxygen atoms in total. The van der Waals surface area contributed by atoms with E-state index in [0.29, 0.717) is 51.4 Å². The number of pyridine rings is 1. The highest BCUT2D eigenvalue weighted by Crippen LogP contribution is 2.52. The van der Waals surface area contributed by atoms with Crippen molar-refractivity contribution in [2.24, 2.45) is 17.8 Å². The SMILES string of the molecule is O=C(N[C@H](C(=O)Nc1cc2c(cc1F)C(N1CC(C(F)(F)F)OCC1=O)CC1(CCN(C3COC3)CC1)O2)C(C1CC1)C1CC1)c1cncc(C(F)(F)F)c1. The molecule has 5 heterocycles. The Bertz CT molecular complexity index is 1810. The number of anilines is 1. The number of carbonyl (C=O) groups excluding carboxylic acids is 3. The van der Waals surface area contributed by atoms with Crippen LogP contribution in [-0.4, -0.2) is 102 Å². The minimum absolute atomic E-state index is 0.0736. The van der Waals surface area contributed by atoms with Gasteiger partial charge in [-0.3, -0.25) is 24.3 Å². The summed E-state index contributed by atoms with van der Waals surface area (Å²) in [4.78, 5) is 47.6. The number of likely N-dealkylation sites (tertiary alicyclic amines) is 1. The van der Waals surface area contributed by atoms with Gasteiger partial charge in [-0.2, -0.15) is 26.3 Å². The average Bonchev–Trinajstić information content (AvgIpc) is 4.05. The smallest absolute Gasteiger partial charge is 0.417 e. The minimum Gasteiger partial charge on any atom is -0.487 e. The lowest BCUT2D eigenvalue weighted by Gasteiger charge is -2.51. The maximum absolute atomic E-state index is 16.2. The molecule has 2 saturated carbocycles. The number of halogens is 7. The lowest BCUT2D eigenvalue weighted by atomic mass is 9.79. The predicted molar refractivity (Wildman–Crippen MR) is 178 cm³/mol. The molecule has 0 radical (unpaired) electrons. The van der Waals surface area contributed by atoms with E-state index in [2.05, 4.69) is 20.5 Å². The molecule has 3 amide bonds. The molecule has 8 rings (SSSR count). The molecule has 4 aliphatic heterocycles. The van der Waals surface area contributed by atoms with Crippen molar-refractivity contribution in [1.82, 2.24) is 20.1 Å². The molecule has 298 valence electrons. The number of fused-ring (bicyclic) bond motifs is 1. The van der Waals surface area contributed by atoms with Gasteiger partial charge >= 0.3 is 12.4 Å². The van der Waals surface area contributed by atoms with Crippen LogP contribution in [0.2, 0.25) is 0 Å². The molecule has 5 fully saturated rings. The summed E-state index contributed by atoms with van der Waals surface area (Å²) < 4.78 is 115. The Morgan fingerprint density at radius 1 is 0.964 bits per heavy atom. The van der Waals surface area contributed by atoms with E-state index in [9.17, 15) is 40.7 Å². The van der Waals surface area contributed by atoms with E-state index >= 15 is 4.39 Å². The highest BCUT2D eigenvalue weighted by molar-refractivity contribution is 6.01. The Labute approximate surface area is 311 Å². The van der Waals surface area contributed by atoms with E-state index < -0.39 is 84.0 Å². The zero-order valence-electron chi connectivity index (χ0n) is 29.6. The summed E-state index contributed by atoms with van der Waals surface area (Å²) in [5.74, 6) is -3.49.